The first-order chi connectivity index (χ1) is 9.83. The second kappa shape index (κ2) is 8.24. The third kappa shape index (κ3) is 6.82. The second-order valence-electron chi connectivity index (χ2n) is 5.05. The van der Waals surface area contributed by atoms with Gasteiger partial charge in [0, 0.05) is 24.8 Å². The monoisotopic (exact) mass is 305 g/mol. The molecule has 1 rings (SSSR count). The fourth-order valence-electron chi connectivity index (χ4n) is 1.85. The summed E-state index contributed by atoms with van der Waals surface area (Å²) in [5, 5.41) is 3.22. The van der Waals surface area contributed by atoms with E-state index in [0.29, 0.717) is 31.2 Å². The SMILES string of the molecule is CCOCC(NCc1ccccc1OC(F)(F)F)C(C)C. The minimum atomic E-state index is -4.68. The van der Waals surface area contributed by atoms with Crippen LogP contribution in [-0.4, -0.2) is 25.6 Å². The Morgan fingerprint density at radius 3 is 2.43 bits per heavy atom. The predicted molar refractivity (Wildman–Crippen MR) is 75.1 cm³/mol. The van der Waals surface area contributed by atoms with Crippen LogP contribution in [0.2, 0.25) is 0 Å². The van der Waals surface area contributed by atoms with E-state index in [-0.39, 0.29) is 11.8 Å². The highest BCUT2D eigenvalue weighted by molar-refractivity contribution is 5.33. The standard InChI is InChI=1S/C15H22F3NO2/c1-4-20-10-13(11(2)3)19-9-12-7-5-6-8-14(12)21-15(16,17)18/h5-8,11,13,19H,4,9-10H2,1-3H3. The molecule has 0 saturated heterocycles. The molecule has 120 valence electrons. The summed E-state index contributed by atoms with van der Waals surface area (Å²) in [6, 6.07) is 6.21. The summed E-state index contributed by atoms with van der Waals surface area (Å²) in [4.78, 5) is 0. The number of nitrogens with one attached hydrogen (secondary N) is 1. The fraction of sp³-hybridized carbons (Fsp3) is 0.600. The van der Waals surface area contributed by atoms with Gasteiger partial charge in [-0.25, -0.2) is 0 Å². The van der Waals surface area contributed by atoms with E-state index in [1.165, 1.54) is 12.1 Å². The minimum Gasteiger partial charge on any atom is -0.405 e. The van der Waals surface area contributed by atoms with E-state index in [1.807, 2.05) is 20.8 Å². The molecule has 3 nitrogen and oxygen atoms in total. The molecule has 1 unspecified atom stereocenters. The lowest BCUT2D eigenvalue weighted by Crippen LogP contribution is -2.37. The Morgan fingerprint density at radius 2 is 1.86 bits per heavy atom. The zero-order valence-corrected chi connectivity index (χ0v) is 12.5. The van der Waals surface area contributed by atoms with Gasteiger partial charge < -0.3 is 14.8 Å². The van der Waals surface area contributed by atoms with Gasteiger partial charge in [-0.15, -0.1) is 13.2 Å². The molecule has 21 heavy (non-hydrogen) atoms. The van der Waals surface area contributed by atoms with Gasteiger partial charge in [0.15, 0.2) is 0 Å². The van der Waals surface area contributed by atoms with Crippen LogP contribution in [0.3, 0.4) is 0 Å². The molecule has 0 bridgehead atoms. The summed E-state index contributed by atoms with van der Waals surface area (Å²) in [5.41, 5.74) is 0.469. The topological polar surface area (TPSA) is 30.5 Å². The number of rotatable bonds is 8. The quantitative estimate of drug-likeness (QED) is 0.793. The highest BCUT2D eigenvalue weighted by Crippen LogP contribution is 2.26. The van der Waals surface area contributed by atoms with Crippen LogP contribution in [-0.2, 0) is 11.3 Å². The smallest absolute Gasteiger partial charge is 0.405 e. The van der Waals surface area contributed by atoms with Crippen molar-refractivity contribution >= 4 is 0 Å². The molecule has 0 heterocycles. The molecular weight excluding hydrogens is 283 g/mol. The molecule has 1 aromatic carbocycles. The number of hydrogen-bond donors (Lipinski definition) is 1. The van der Waals surface area contributed by atoms with E-state index in [0.717, 1.165) is 0 Å². The Morgan fingerprint density at radius 1 is 1.19 bits per heavy atom. The molecule has 0 radical (unpaired) electrons. The van der Waals surface area contributed by atoms with Crippen molar-refractivity contribution in [2.75, 3.05) is 13.2 Å². The summed E-state index contributed by atoms with van der Waals surface area (Å²) in [5.74, 6) is 0.142. The first kappa shape index (κ1) is 17.8. The normalized spacial score (nSPS) is 13.5. The number of benzene rings is 1. The Hall–Kier alpha value is -1.27. The van der Waals surface area contributed by atoms with Crippen molar-refractivity contribution in [3.8, 4) is 5.75 Å². The molecule has 0 aliphatic rings. The molecule has 0 aliphatic carbocycles. The van der Waals surface area contributed by atoms with Crippen LogP contribution in [0.5, 0.6) is 5.75 Å². The highest BCUT2D eigenvalue weighted by Gasteiger charge is 2.32. The number of hydrogen-bond acceptors (Lipinski definition) is 3. The van der Waals surface area contributed by atoms with E-state index in [4.69, 9.17) is 4.74 Å². The third-order valence-electron chi connectivity index (χ3n) is 3.06. The van der Waals surface area contributed by atoms with Crippen LogP contribution in [0.25, 0.3) is 0 Å². The van der Waals surface area contributed by atoms with Gasteiger partial charge in [0.05, 0.1) is 6.61 Å². The van der Waals surface area contributed by atoms with Crippen LogP contribution in [0.4, 0.5) is 13.2 Å². The van der Waals surface area contributed by atoms with Crippen molar-refractivity contribution in [3.05, 3.63) is 29.8 Å². The van der Waals surface area contributed by atoms with E-state index in [2.05, 4.69) is 10.1 Å². The van der Waals surface area contributed by atoms with Crippen LogP contribution < -0.4 is 10.1 Å². The van der Waals surface area contributed by atoms with Crippen molar-refractivity contribution in [1.82, 2.24) is 5.32 Å². The van der Waals surface area contributed by atoms with Gasteiger partial charge in [-0.05, 0) is 18.9 Å². The molecule has 6 heteroatoms. The fourth-order valence-corrected chi connectivity index (χ4v) is 1.85. The largest absolute Gasteiger partial charge is 0.573 e. The van der Waals surface area contributed by atoms with Crippen molar-refractivity contribution < 1.29 is 22.6 Å². The second-order valence-corrected chi connectivity index (χ2v) is 5.05. The molecule has 0 spiro atoms. The van der Waals surface area contributed by atoms with Gasteiger partial charge in [0.1, 0.15) is 5.75 Å². The van der Waals surface area contributed by atoms with Crippen LogP contribution >= 0.6 is 0 Å². The lowest BCUT2D eigenvalue weighted by Gasteiger charge is -2.23. The first-order valence-electron chi connectivity index (χ1n) is 6.98. The Balaban J connectivity index is 2.69. The first-order valence-corrected chi connectivity index (χ1v) is 6.98. The molecule has 0 saturated carbocycles. The summed E-state index contributed by atoms with van der Waals surface area (Å²) >= 11 is 0. The lowest BCUT2D eigenvalue weighted by atomic mass is 10.0. The lowest BCUT2D eigenvalue weighted by molar-refractivity contribution is -0.274. The van der Waals surface area contributed by atoms with Crippen LogP contribution in [0.1, 0.15) is 26.3 Å². The zero-order valence-electron chi connectivity index (χ0n) is 12.5. The number of halogens is 3. The maximum absolute atomic E-state index is 12.4. The molecule has 0 aromatic heterocycles. The molecule has 0 aliphatic heterocycles. The van der Waals surface area contributed by atoms with Gasteiger partial charge in [0.25, 0.3) is 0 Å². The summed E-state index contributed by atoms with van der Waals surface area (Å²) in [7, 11) is 0. The van der Waals surface area contributed by atoms with Gasteiger partial charge in [-0.1, -0.05) is 32.0 Å². The zero-order chi connectivity index (χ0) is 15.9. The maximum atomic E-state index is 12.4. The predicted octanol–water partition coefficient (Wildman–Crippen LogP) is 3.74. The van der Waals surface area contributed by atoms with Gasteiger partial charge in [-0.3, -0.25) is 0 Å². The van der Waals surface area contributed by atoms with Crippen LogP contribution in [0.15, 0.2) is 24.3 Å². The number of para-hydroxylation sites is 1. The average molecular weight is 305 g/mol. The Labute approximate surface area is 123 Å². The van der Waals surface area contributed by atoms with E-state index < -0.39 is 6.36 Å². The molecule has 1 N–H and O–H groups in total. The third-order valence-corrected chi connectivity index (χ3v) is 3.06. The summed E-state index contributed by atoms with van der Waals surface area (Å²) in [6.45, 7) is 7.41. The van der Waals surface area contributed by atoms with E-state index >= 15 is 0 Å². The summed E-state index contributed by atoms with van der Waals surface area (Å²) < 4.78 is 46.5. The highest BCUT2D eigenvalue weighted by atomic mass is 19.4. The molecule has 1 aromatic rings. The van der Waals surface area contributed by atoms with Crippen LogP contribution in [0, 0.1) is 5.92 Å². The molecular formula is C15H22F3NO2. The molecule has 0 fully saturated rings. The van der Waals surface area contributed by atoms with Gasteiger partial charge in [-0.2, -0.15) is 0 Å². The van der Waals surface area contributed by atoms with Crippen molar-refractivity contribution in [3.63, 3.8) is 0 Å². The van der Waals surface area contributed by atoms with E-state index in [9.17, 15) is 13.2 Å². The van der Waals surface area contributed by atoms with Crippen molar-refractivity contribution in [2.45, 2.75) is 39.7 Å². The van der Waals surface area contributed by atoms with Gasteiger partial charge in [0.2, 0.25) is 0 Å². The minimum absolute atomic E-state index is 0.0730. The maximum Gasteiger partial charge on any atom is 0.573 e. The molecule has 1 atom stereocenters. The van der Waals surface area contributed by atoms with Gasteiger partial charge >= 0.3 is 6.36 Å². The number of alkyl halides is 3. The summed E-state index contributed by atoms with van der Waals surface area (Å²) in [6.07, 6.45) is -4.68. The Bertz CT molecular complexity index is 422. The number of ether oxygens (including phenoxy) is 2. The molecule has 0 amide bonds. The van der Waals surface area contributed by atoms with Crippen molar-refractivity contribution in [1.29, 1.82) is 0 Å². The Kier molecular flexibility index (Phi) is 6.98. The average Bonchev–Trinajstić information content (AvgIpc) is 2.38. The van der Waals surface area contributed by atoms with Crippen molar-refractivity contribution in [2.24, 2.45) is 5.92 Å². The van der Waals surface area contributed by atoms with E-state index in [1.54, 1.807) is 12.1 Å².